The number of anilines is 1. The molecule has 0 radical (unpaired) electrons. The van der Waals surface area contributed by atoms with E-state index in [4.69, 9.17) is 16.7 Å². The van der Waals surface area contributed by atoms with E-state index in [1.54, 1.807) is 6.08 Å². The monoisotopic (exact) mass is 293 g/mol. The van der Waals surface area contributed by atoms with E-state index in [2.05, 4.69) is 11.8 Å². The number of rotatable bonds is 3. The van der Waals surface area contributed by atoms with Crippen molar-refractivity contribution in [3.05, 3.63) is 34.9 Å². The van der Waals surface area contributed by atoms with Gasteiger partial charge in [-0.1, -0.05) is 24.4 Å². The highest BCUT2D eigenvalue weighted by molar-refractivity contribution is 6.30. The van der Waals surface area contributed by atoms with E-state index in [0.29, 0.717) is 11.1 Å². The second kappa shape index (κ2) is 6.80. The summed E-state index contributed by atoms with van der Waals surface area (Å²) in [6.07, 6.45) is 7.65. The summed E-state index contributed by atoms with van der Waals surface area (Å²) in [6, 6.07) is 6.15. The fraction of sp³-hybridized carbons (Fsp3) is 0.438. The molecule has 1 unspecified atom stereocenters. The fourth-order valence-corrected chi connectivity index (χ4v) is 2.89. The lowest BCUT2D eigenvalue weighted by molar-refractivity contribution is -0.131. The molecule has 1 atom stereocenters. The number of hydrogen-bond acceptors (Lipinski definition) is 2. The largest absolute Gasteiger partial charge is 0.478 e. The molecular formula is C16H20ClNO2. The number of hydrogen-bond donors (Lipinski definition) is 1. The van der Waals surface area contributed by atoms with Gasteiger partial charge in [-0.25, -0.2) is 4.79 Å². The molecule has 1 aliphatic heterocycles. The number of halogens is 1. The molecule has 2 rings (SSSR count). The predicted octanol–water partition coefficient (Wildman–Crippen LogP) is 4.21. The van der Waals surface area contributed by atoms with Crippen molar-refractivity contribution in [1.82, 2.24) is 0 Å². The number of carboxylic acid groups (broad SMARTS) is 1. The summed E-state index contributed by atoms with van der Waals surface area (Å²) < 4.78 is 0. The van der Waals surface area contributed by atoms with Crippen LogP contribution in [0.15, 0.2) is 24.3 Å². The van der Waals surface area contributed by atoms with Gasteiger partial charge in [-0.05, 0) is 49.6 Å². The van der Waals surface area contributed by atoms with E-state index >= 15 is 0 Å². The van der Waals surface area contributed by atoms with Crippen LogP contribution in [-0.4, -0.2) is 23.7 Å². The average molecular weight is 294 g/mol. The first-order valence-electron chi connectivity index (χ1n) is 7.05. The Balaban J connectivity index is 2.36. The zero-order valence-corrected chi connectivity index (χ0v) is 12.4. The molecule has 0 bridgehead atoms. The average Bonchev–Trinajstić information content (AvgIpc) is 2.61. The van der Waals surface area contributed by atoms with Crippen molar-refractivity contribution in [2.45, 2.75) is 38.6 Å². The Morgan fingerprint density at radius 1 is 1.40 bits per heavy atom. The normalized spacial score (nSPS) is 20.1. The minimum absolute atomic E-state index is 0.468. The molecule has 4 heteroatoms. The van der Waals surface area contributed by atoms with Crippen LogP contribution in [0.1, 0.15) is 38.2 Å². The molecule has 0 aliphatic carbocycles. The Bertz CT molecular complexity index is 513. The first-order chi connectivity index (χ1) is 9.58. The van der Waals surface area contributed by atoms with E-state index in [9.17, 15) is 4.79 Å². The second-order valence-corrected chi connectivity index (χ2v) is 5.70. The molecule has 0 aromatic heterocycles. The van der Waals surface area contributed by atoms with Crippen LogP contribution in [0.2, 0.25) is 5.02 Å². The second-order valence-electron chi connectivity index (χ2n) is 5.27. The van der Waals surface area contributed by atoms with Crippen LogP contribution in [0, 0.1) is 0 Å². The van der Waals surface area contributed by atoms with Crippen LogP contribution in [0.5, 0.6) is 0 Å². The van der Waals surface area contributed by atoms with E-state index in [0.717, 1.165) is 23.9 Å². The molecular weight excluding hydrogens is 274 g/mol. The van der Waals surface area contributed by atoms with Crippen molar-refractivity contribution < 1.29 is 9.90 Å². The van der Waals surface area contributed by atoms with E-state index in [-0.39, 0.29) is 0 Å². The number of carbonyl (C=O) groups is 1. The number of aliphatic carboxylic acids is 1. The van der Waals surface area contributed by atoms with E-state index < -0.39 is 5.97 Å². The molecule has 1 aromatic carbocycles. The standard InChI is InChI=1S/C16H20ClNO2/c1-12-5-3-2-4-10-18(12)15-8-7-14(17)11-13(15)6-9-16(19)20/h6-9,11-12H,2-5,10H2,1H3,(H,19,20)/b9-6+. The third kappa shape index (κ3) is 3.76. The molecule has 108 valence electrons. The van der Waals surface area contributed by atoms with Crippen LogP contribution in [-0.2, 0) is 4.79 Å². The molecule has 1 heterocycles. The first kappa shape index (κ1) is 14.9. The lowest BCUT2D eigenvalue weighted by Crippen LogP contribution is -2.32. The van der Waals surface area contributed by atoms with E-state index in [1.165, 1.54) is 25.7 Å². The van der Waals surface area contributed by atoms with Crippen LogP contribution in [0.4, 0.5) is 5.69 Å². The van der Waals surface area contributed by atoms with Gasteiger partial charge in [-0.15, -0.1) is 0 Å². The summed E-state index contributed by atoms with van der Waals surface area (Å²) in [6.45, 7) is 3.24. The smallest absolute Gasteiger partial charge is 0.328 e. The Hall–Kier alpha value is -1.48. The molecule has 1 N–H and O–H groups in total. The van der Waals surface area contributed by atoms with Crippen molar-refractivity contribution in [3.8, 4) is 0 Å². The summed E-state index contributed by atoms with van der Waals surface area (Å²) >= 11 is 6.04. The lowest BCUT2D eigenvalue weighted by atomic mass is 10.1. The van der Waals surface area contributed by atoms with Crippen LogP contribution < -0.4 is 4.90 Å². The maximum atomic E-state index is 10.7. The molecule has 3 nitrogen and oxygen atoms in total. The summed E-state index contributed by atoms with van der Waals surface area (Å²) in [4.78, 5) is 13.1. The minimum atomic E-state index is -0.945. The summed E-state index contributed by atoms with van der Waals surface area (Å²) in [7, 11) is 0. The maximum Gasteiger partial charge on any atom is 0.328 e. The van der Waals surface area contributed by atoms with Gasteiger partial charge in [0, 0.05) is 29.4 Å². The molecule has 1 saturated heterocycles. The third-order valence-corrected chi connectivity index (χ3v) is 3.99. The first-order valence-corrected chi connectivity index (χ1v) is 7.43. The Morgan fingerprint density at radius 2 is 2.20 bits per heavy atom. The topological polar surface area (TPSA) is 40.5 Å². The predicted molar refractivity (Wildman–Crippen MR) is 83.4 cm³/mol. The lowest BCUT2D eigenvalue weighted by Gasteiger charge is -2.31. The van der Waals surface area contributed by atoms with Gasteiger partial charge in [0.15, 0.2) is 0 Å². The van der Waals surface area contributed by atoms with Gasteiger partial charge in [0.2, 0.25) is 0 Å². The highest BCUT2D eigenvalue weighted by Crippen LogP contribution is 2.30. The highest BCUT2D eigenvalue weighted by atomic mass is 35.5. The molecule has 0 spiro atoms. The van der Waals surface area contributed by atoms with E-state index in [1.807, 2.05) is 18.2 Å². The Labute approximate surface area is 124 Å². The van der Waals surface area contributed by atoms with Gasteiger partial charge in [0.25, 0.3) is 0 Å². The van der Waals surface area contributed by atoms with Gasteiger partial charge in [0.1, 0.15) is 0 Å². The van der Waals surface area contributed by atoms with Gasteiger partial charge in [-0.2, -0.15) is 0 Å². The van der Waals surface area contributed by atoms with Crippen LogP contribution in [0.25, 0.3) is 6.08 Å². The molecule has 1 aliphatic rings. The zero-order chi connectivity index (χ0) is 14.5. The molecule has 0 saturated carbocycles. The fourth-order valence-electron chi connectivity index (χ4n) is 2.71. The number of carboxylic acids is 1. The maximum absolute atomic E-state index is 10.7. The summed E-state index contributed by atoms with van der Waals surface area (Å²) in [5, 5.41) is 9.44. The summed E-state index contributed by atoms with van der Waals surface area (Å²) in [5.41, 5.74) is 1.94. The van der Waals surface area contributed by atoms with Gasteiger partial charge >= 0.3 is 5.97 Å². The van der Waals surface area contributed by atoms with Crippen molar-refractivity contribution in [2.24, 2.45) is 0 Å². The zero-order valence-electron chi connectivity index (χ0n) is 11.7. The Kier molecular flexibility index (Phi) is 5.07. The molecule has 20 heavy (non-hydrogen) atoms. The van der Waals surface area contributed by atoms with Crippen molar-refractivity contribution in [3.63, 3.8) is 0 Å². The van der Waals surface area contributed by atoms with Gasteiger partial charge < -0.3 is 10.0 Å². The van der Waals surface area contributed by atoms with Crippen LogP contribution >= 0.6 is 11.6 Å². The highest BCUT2D eigenvalue weighted by Gasteiger charge is 2.19. The quantitative estimate of drug-likeness (QED) is 0.849. The number of nitrogens with zero attached hydrogens (tertiary/aromatic N) is 1. The van der Waals surface area contributed by atoms with Crippen molar-refractivity contribution in [1.29, 1.82) is 0 Å². The molecule has 1 aromatic rings. The Morgan fingerprint density at radius 3 is 2.95 bits per heavy atom. The SMILES string of the molecule is CC1CCCCCN1c1ccc(Cl)cc1/C=C/C(=O)O. The van der Waals surface area contributed by atoms with Gasteiger partial charge in [-0.3, -0.25) is 0 Å². The summed E-state index contributed by atoms with van der Waals surface area (Å²) in [5.74, 6) is -0.945. The number of benzene rings is 1. The van der Waals surface area contributed by atoms with Crippen LogP contribution in [0.3, 0.4) is 0 Å². The van der Waals surface area contributed by atoms with Gasteiger partial charge in [0.05, 0.1) is 0 Å². The molecule has 1 fully saturated rings. The van der Waals surface area contributed by atoms with Crippen molar-refractivity contribution in [2.75, 3.05) is 11.4 Å². The molecule has 0 amide bonds. The minimum Gasteiger partial charge on any atom is -0.478 e. The third-order valence-electron chi connectivity index (χ3n) is 3.76. The van der Waals surface area contributed by atoms with Crippen molar-refractivity contribution >= 4 is 29.3 Å².